The normalized spacial score (nSPS) is 10.7. The van der Waals surface area contributed by atoms with Gasteiger partial charge in [-0.25, -0.2) is 0 Å². The molecule has 0 spiro atoms. The molecule has 3 nitrogen and oxygen atoms in total. The van der Waals surface area contributed by atoms with E-state index in [4.69, 9.17) is 0 Å². The fourth-order valence-corrected chi connectivity index (χ4v) is 2.23. The predicted octanol–water partition coefficient (Wildman–Crippen LogP) is 2.53. The summed E-state index contributed by atoms with van der Waals surface area (Å²) in [7, 11) is 1.76. The molecule has 0 saturated carbocycles. The lowest BCUT2D eigenvalue weighted by Gasteiger charge is -2.26. The Bertz CT molecular complexity index is 396. The Labute approximate surface area is 123 Å². The van der Waals surface area contributed by atoms with Gasteiger partial charge in [0.1, 0.15) is 0 Å². The summed E-state index contributed by atoms with van der Waals surface area (Å²) in [6, 6.07) is 8.14. The second kappa shape index (κ2) is 7.77. The van der Waals surface area contributed by atoms with Crippen LogP contribution in [0, 0.1) is 0 Å². The van der Waals surface area contributed by atoms with Crippen LogP contribution in [-0.4, -0.2) is 25.0 Å². The van der Waals surface area contributed by atoms with E-state index in [9.17, 15) is 4.79 Å². The Morgan fingerprint density at radius 2 is 2.06 bits per heavy atom. The Hall–Kier alpha value is -0.580. The number of rotatable bonds is 5. The molecule has 0 radical (unpaired) electrons. The maximum atomic E-state index is 11.5. The second-order valence-corrected chi connectivity index (χ2v) is 5.68. The molecule has 1 aromatic rings. The van der Waals surface area contributed by atoms with E-state index >= 15 is 0 Å². The highest BCUT2D eigenvalue weighted by molar-refractivity contribution is 9.10. The minimum absolute atomic E-state index is 0. The number of hydrogen-bond donors (Lipinski definition) is 2. The molecule has 18 heavy (non-hydrogen) atoms. The van der Waals surface area contributed by atoms with Crippen molar-refractivity contribution in [2.45, 2.75) is 25.8 Å². The number of halogens is 2. The van der Waals surface area contributed by atoms with E-state index in [0.29, 0.717) is 6.54 Å². The van der Waals surface area contributed by atoms with Crippen LogP contribution in [0.4, 0.5) is 0 Å². The summed E-state index contributed by atoms with van der Waals surface area (Å²) in [5.74, 6) is 0.0208. The van der Waals surface area contributed by atoms with Gasteiger partial charge in [-0.3, -0.25) is 4.79 Å². The molecule has 0 aliphatic rings. The van der Waals surface area contributed by atoms with E-state index in [1.807, 2.05) is 26.0 Å². The molecule has 0 bridgehead atoms. The number of nitrogens with one attached hydrogen (secondary N) is 2. The highest BCUT2D eigenvalue weighted by Gasteiger charge is 2.20. The SMILES string of the molecule is CNCC(=O)NC(C)(C)Cc1cccc(Br)c1.Cl. The molecule has 1 amide bonds. The fourth-order valence-electron chi connectivity index (χ4n) is 1.78. The molecule has 0 aliphatic heterocycles. The van der Waals surface area contributed by atoms with E-state index in [0.717, 1.165) is 10.9 Å². The van der Waals surface area contributed by atoms with Gasteiger partial charge in [0, 0.05) is 10.0 Å². The molecular weight excluding hydrogens is 316 g/mol. The molecule has 0 heterocycles. The van der Waals surface area contributed by atoms with E-state index in [1.54, 1.807) is 7.05 Å². The number of carbonyl (C=O) groups excluding carboxylic acids is 1. The van der Waals surface area contributed by atoms with Gasteiger partial charge >= 0.3 is 0 Å². The van der Waals surface area contributed by atoms with Crippen LogP contribution in [-0.2, 0) is 11.2 Å². The maximum Gasteiger partial charge on any atom is 0.234 e. The van der Waals surface area contributed by atoms with Gasteiger partial charge < -0.3 is 10.6 Å². The average molecular weight is 336 g/mol. The van der Waals surface area contributed by atoms with Crippen LogP contribution in [0.25, 0.3) is 0 Å². The first-order valence-electron chi connectivity index (χ1n) is 5.63. The van der Waals surface area contributed by atoms with Crippen molar-refractivity contribution in [2.75, 3.05) is 13.6 Å². The first-order chi connectivity index (χ1) is 7.93. The van der Waals surface area contributed by atoms with Crippen LogP contribution in [0.2, 0.25) is 0 Å². The number of likely N-dealkylation sites (N-methyl/N-ethyl adjacent to an activating group) is 1. The van der Waals surface area contributed by atoms with Crippen LogP contribution in [0.3, 0.4) is 0 Å². The molecule has 5 heteroatoms. The molecule has 0 atom stereocenters. The third-order valence-corrected chi connectivity index (χ3v) is 2.84. The topological polar surface area (TPSA) is 41.1 Å². The summed E-state index contributed by atoms with van der Waals surface area (Å²) in [5, 5.41) is 5.85. The van der Waals surface area contributed by atoms with Gasteiger partial charge in [-0.2, -0.15) is 0 Å². The molecule has 0 fully saturated rings. The molecule has 0 aliphatic carbocycles. The van der Waals surface area contributed by atoms with Crippen molar-refractivity contribution in [3.63, 3.8) is 0 Å². The van der Waals surface area contributed by atoms with Crippen LogP contribution in [0.1, 0.15) is 19.4 Å². The Morgan fingerprint density at radius 1 is 1.39 bits per heavy atom. The van der Waals surface area contributed by atoms with Crippen molar-refractivity contribution < 1.29 is 4.79 Å². The molecule has 2 N–H and O–H groups in total. The zero-order valence-electron chi connectivity index (χ0n) is 10.9. The number of carbonyl (C=O) groups is 1. The lowest BCUT2D eigenvalue weighted by Crippen LogP contribution is -2.47. The Kier molecular flexibility index (Phi) is 7.52. The molecular formula is C13H20BrClN2O. The first kappa shape index (κ1) is 17.4. The molecule has 1 aromatic carbocycles. The van der Waals surface area contributed by atoms with Crippen molar-refractivity contribution in [2.24, 2.45) is 0 Å². The van der Waals surface area contributed by atoms with Gasteiger partial charge in [-0.1, -0.05) is 28.1 Å². The van der Waals surface area contributed by atoms with E-state index in [-0.39, 0.29) is 23.9 Å². The summed E-state index contributed by atoms with van der Waals surface area (Å²) in [5.41, 5.74) is 0.962. The van der Waals surface area contributed by atoms with Crippen molar-refractivity contribution in [1.29, 1.82) is 0 Å². The molecule has 102 valence electrons. The smallest absolute Gasteiger partial charge is 0.234 e. The summed E-state index contributed by atoms with van der Waals surface area (Å²) in [6.07, 6.45) is 0.807. The number of hydrogen-bond acceptors (Lipinski definition) is 2. The number of amides is 1. The maximum absolute atomic E-state index is 11.5. The standard InChI is InChI=1S/C13H19BrN2O.ClH/c1-13(2,16-12(17)9-15-3)8-10-5-4-6-11(14)7-10;/h4-7,15H,8-9H2,1-3H3,(H,16,17);1H. The monoisotopic (exact) mass is 334 g/mol. The van der Waals surface area contributed by atoms with Crippen molar-refractivity contribution in [3.05, 3.63) is 34.3 Å². The van der Waals surface area contributed by atoms with Gasteiger partial charge in [-0.15, -0.1) is 12.4 Å². The van der Waals surface area contributed by atoms with Gasteiger partial charge in [0.15, 0.2) is 0 Å². The van der Waals surface area contributed by atoms with Crippen LogP contribution in [0.15, 0.2) is 28.7 Å². The third-order valence-electron chi connectivity index (χ3n) is 2.35. The first-order valence-corrected chi connectivity index (χ1v) is 6.42. The zero-order valence-corrected chi connectivity index (χ0v) is 13.3. The molecule has 0 unspecified atom stereocenters. The van der Waals surface area contributed by atoms with Crippen LogP contribution >= 0.6 is 28.3 Å². The minimum Gasteiger partial charge on any atom is -0.350 e. The van der Waals surface area contributed by atoms with Gasteiger partial charge in [-0.05, 0) is 45.0 Å². The quantitative estimate of drug-likeness (QED) is 0.868. The molecule has 1 rings (SSSR count). The van der Waals surface area contributed by atoms with Crippen molar-refractivity contribution >= 4 is 34.2 Å². The number of benzene rings is 1. The lowest BCUT2D eigenvalue weighted by atomic mass is 9.95. The summed E-state index contributed by atoms with van der Waals surface area (Å²) < 4.78 is 1.06. The van der Waals surface area contributed by atoms with E-state index in [1.165, 1.54) is 5.56 Å². The Balaban J connectivity index is 0.00000289. The molecule has 0 aromatic heterocycles. The van der Waals surface area contributed by atoms with Crippen molar-refractivity contribution in [3.8, 4) is 0 Å². The largest absolute Gasteiger partial charge is 0.350 e. The predicted molar refractivity (Wildman–Crippen MR) is 81.2 cm³/mol. The Morgan fingerprint density at radius 3 is 2.61 bits per heavy atom. The molecule has 0 saturated heterocycles. The summed E-state index contributed by atoms with van der Waals surface area (Å²) >= 11 is 3.45. The van der Waals surface area contributed by atoms with Crippen LogP contribution < -0.4 is 10.6 Å². The third kappa shape index (κ3) is 6.38. The summed E-state index contributed by atoms with van der Waals surface area (Å²) in [4.78, 5) is 11.5. The van der Waals surface area contributed by atoms with Gasteiger partial charge in [0.25, 0.3) is 0 Å². The van der Waals surface area contributed by atoms with Crippen molar-refractivity contribution in [1.82, 2.24) is 10.6 Å². The summed E-state index contributed by atoms with van der Waals surface area (Å²) in [6.45, 7) is 4.41. The zero-order chi connectivity index (χ0) is 12.9. The second-order valence-electron chi connectivity index (χ2n) is 4.77. The minimum atomic E-state index is -0.241. The average Bonchev–Trinajstić information content (AvgIpc) is 2.15. The van der Waals surface area contributed by atoms with Gasteiger partial charge in [0.2, 0.25) is 5.91 Å². The van der Waals surface area contributed by atoms with Gasteiger partial charge in [0.05, 0.1) is 6.54 Å². The van der Waals surface area contributed by atoms with Crippen LogP contribution in [0.5, 0.6) is 0 Å². The highest BCUT2D eigenvalue weighted by Crippen LogP contribution is 2.17. The fraction of sp³-hybridized carbons (Fsp3) is 0.462. The van der Waals surface area contributed by atoms with E-state index in [2.05, 4.69) is 38.7 Å². The lowest BCUT2D eigenvalue weighted by molar-refractivity contribution is -0.121. The van der Waals surface area contributed by atoms with E-state index < -0.39 is 0 Å². The highest BCUT2D eigenvalue weighted by atomic mass is 79.9.